The van der Waals surface area contributed by atoms with Gasteiger partial charge in [0, 0.05) is 12.6 Å². The lowest BCUT2D eigenvalue weighted by atomic mass is 9.89. The number of aromatic nitrogens is 3. The van der Waals surface area contributed by atoms with E-state index in [0.717, 1.165) is 54.0 Å². The highest BCUT2D eigenvalue weighted by Crippen LogP contribution is 2.36. The number of primary amides is 1. The van der Waals surface area contributed by atoms with Crippen LogP contribution in [0.2, 0.25) is 0 Å². The number of piperidine rings is 1. The Balaban J connectivity index is 1.43. The first-order chi connectivity index (χ1) is 19.5. The van der Waals surface area contributed by atoms with Crippen LogP contribution >= 0.6 is 0 Å². The number of hydrogen-bond acceptors (Lipinski definition) is 8. The van der Waals surface area contributed by atoms with E-state index in [1.165, 1.54) is 16.1 Å². The van der Waals surface area contributed by atoms with Gasteiger partial charge in [0.25, 0.3) is 0 Å². The van der Waals surface area contributed by atoms with Gasteiger partial charge in [0.1, 0.15) is 5.75 Å². The van der Waals surface area contributed by atoms with E-state index in [1.807, 2.05) is 43.3 Å². The van der Waals surface area contributed by atoms with Crippen molar-refractivity contribution in [2.75, 3.05) is 49.7 Å². The van der Waals surface area contributed by atoms with Crippen LogP contribution < -0.4 is 20.1 Å². The minimum absolute atomic E-state index is 0.297. The zero-order valence-corrected chi connectivity index (χ0v) is 24.5. The first-order valence-corrected chi connectivity index (χ1v) is 15.2. The Morgan fingerprint density at radius 3 is 2.59 bits per heavy atom. The molecule has 1 saturated heterocycles. The van der Waals surface area contributed by atoms with Crippen LogP contribution in [-0.4, -0.2) is 73.9 Å². The number of aryl methyl sites for hydroxylation is 1. The van der Waals surface area contributed by atoms with Gasteiger partial charge in [-0.15, -0.1) is 5.10 Å². The van der Waals surface area contributed by atoms with Crippen molar-refractivity contribution in [2.24, 2.45) is 5.73 Å². The molecule has 2 aromatic heterocycles. The molecule has 4 aromatic rings. The number of nitrogens with one attached hydrogen (secondary N) is 1. The maximum Gasteiger partial charge on any atom is 0.245 e. The molecule has 0 saturated carbocycles. The molecule has 1 fully saturated rings. The van der Waals surface area contributed by atoms with Crippen molar-refractivity contribution >= 4 is 38.8 Å². The van der Waals surface area contributed by atoms with E-state index in [2.05, 4.69) is 21.3 Å². The molecule has 0 radical (unpaired) electrons. The number of rotatable bonds is 9. The fraction of sp³-hybridized carbons (Fsp3) is 0.345. The molecule has 1 aliphatic heterocycles. The number of benzene rings is 2. The molecule has 0 aliphatic carbocycles. The summed E-state index contributed by atoms with van der Waals surface area (Å²) in [6.45, 7) is 3.92. The number of carbonyl (C=O) groups excluding carboxylic acids is 1. The smallest absolute Gasteiger partial charge is 0.245 e. The number of anilines is 3. The second kappa shape index (κ2) is 11.4. The third-order valence-corrected chi connectivity index (χ3v) is 8.84. The molecule has 1 aliphatic rings. The number of sulfonamides is 1. The van der Waals surface area contributed by atoms with Crippen molar-refractivity contribution in [2.45, 2.75) is 25.7 Å². The van der Waals surface area contributed by atoms with Crippen molar-refractivity contribution in [3.63, 3.8) is 0 Å². The molecule has 0 spiro atoms. The number of likely N-dealkylation sites (tertiary alicyclic amines) is 1. The fourth-order valence-corrected chi connectivity index (χ4v) is 5.88. The number of hydrogen-bond donors (Lipinski definition) is 2. The number of carbonyl (C=O) groups is 1. The van der Waals surface area contributed by atoms with E-state index in [4.69, 9.17) is 15.6 Å². The summed E-state index contributed by atoms with van der Waals surface area (Å²) >= 11 is 0. The number of nitrogens with zero attached hydrogens (tertiary/aromatic N) is 5. The molecule has 0 atom stereocenters. The molecule has 3 heterocycles. The highest BCUT2D eigenvalue weighted by molar-refractivity contribution is 7.92. The predicted octanol–water partition coefficient (Wildman–Crippen LogP) is 3.52. The standard InChI is InChI=1S/C29H35N7O4S/c1-19-15-25(22-7-5-6-8-24(22)34(2)41(4,38)39)36-26(19)17-31-29(33-36)32-23-10-9-21(16-27(23)40-3)20-11-13-35(14-12-20)18-28(30)37/h5-10,15-17,20H,11-14,18H2,1-4H3,(H2,30,37)(H,32,33). The van der Waals surface area contributed by atoms with Gasteiger partial charge in [0.15, 0.2) is 0 Å². The normalized spacial score (nSPS) is 14.7. The third-order valence-electron chi connectivity index (χ3n) is 7.64. The summed E-state index contributed by atoms with van der Waals surface area (Å²) in [5.41, 5.74) is 11.1. The van der Waals surface area contributed by atoms with Crippen molar-refractivity contribution in [1.29, 1.82) is 0 Å². The average Bonchev–Trinajstić information content (AvgIpc) is 3.27. The van der Waals surface area contributed by atoms with Crippen molar-refractivity contribution in [3.8, 4) is 17.0 Å². The van der Waals surface area contributed by atoms with Crippen LogP contribution in [0.1, 0.15) is 29.9 Å². The molecular weight excluding hydrogens is 542 g/mol. The fourth-order valence-electron chi connectivity index (χ4n) is 5.37. The number of ether oxygens (including phenoxy) is 1. The van der Waals surface area contributed by atoms with Crippen LogP contribution in [0.4, 0.5) is 17.3 Å². The summed E-state index contributed by atoms with van der Waals surface area (Å²) in [5.74, 6) is 1.11. The van der Waals surface area contributed by atoms with Gasteiger partial charge in [-0.1, -0.05) is 24.3 Å². The highest BCUT2D eigenvalue weighted by atomic mass is 32.2. The molecule has 0 bridgehead atoms. The monoisotopic (exact) mass is 577 g/mol. The summed E-state index contributed by atoms with van der Waals surface area (Å²) in [4.78, 5) is 17.9. The van der Waals surface area contributed by atoms with Gasteiger partial charge in [-0.05, 0) is 74.2 Å². The summed E-state index contributed by atoms with van der Waals surface area (Å²) in [6.07, 6.45) is 4.81. The molecule has 5 rings (SSSR count). The SMILES string of the molecule is COc1cc(C2CCN(CC(N)=O)CC2)ccc1Nc1ncc2c(C)cc(-c3ccccc3N(C)S(C)(=O)=O)n2n1. The average molecular weight is 578 g/mol. The summed E-state index contributed by atoms with van der Waals surface area (Å²) in [5, 5.41) is 8.07. The highest BCUT2D eigenvalue weighted by Gasteiger charge is 2.23. The lowest BCUT2D eigenvalue weighted by Gasteiger charge is -2.31. The van der Waals surface area contributed by atoms with E-state index in [1.54, 1.807) is 30.9 Å². The second-order valence-electron chi connectivity index (χ2n) is 10.4. The van der Waals surface area contributed by atoms with Crippen LogP contribution in [0.3, 0.4) is 0 Å². The van der Waals surface area contributed by atoms with E-state index >= 15 is 0 Å². The minimum Gasteiger partial charge on any atom is -0.495 e. The minimum atomic E-state index is -3.46. The Hall–Kier alpha value is -4.16. The number of para-hydroxylation sites is 1. The molecule has 216 valence electrons. The van der Waals surface area contributed by atoms with Gasteiger partial charge in [-0.25, -0.2) is 17.9 Å². The Morgan fingerprint density at radius 1 is 1.17 bits per heavy atom. The molecular formula is C29H35N7O4S. The van der Waals surface area contributed by atoms with Crippen LogP contribution in [0, 0.1) is 6.92 Å². The van der Waals surface area contributed by atoms with Crippen LogP contribution in [-0.2, 0) is 14.8 Å². The maximum absolute atomic E-state index is 12.3. The summed E-state index contributed by atoms with van der Waals surface area (Å²) < 4.78 is 33.4. The lowest BCUT2D eigenvalue weighted by Crippen LogP contribution is -2.39. The molecule has 2 aromatic carbocycles. The number of nitrogens with two attached hydrogens (primary N) is 1. The van der Waals surface area contributed by atoms with Gasteiger partial charge in [0.2, 0.25) is 21.9 Å². The Labute approximate surface area is 240 Å². The largest absolute Gasteiger partial charge is 0.495 e. The zero-order chi connectivity index (χ0) is 29.3. The summed E-state index contributed by atoms with van der Waals surface area (Å²) in [6, 6.07) is 15.4. The van der Waals surface area contributed by atoms with E-state index in [9.17, 15) is 13.2 Å². The van der Waals surface area contributed by atoms with Crippen LogP contribution in [0.15, 0.2) is 54.7 Å². The zero-order valence-electron chi connectivity index (χ0n) is 23.7. The topological polar surface area (TPSA) is 135 Å². The molecule has 1 amide bonds. The molecule has 12 heteroatoms. The molecule has 11 nitrogen and oxygen atoms in total. The summed E-state index contributed by atoms with van der Waals surface area (Å²) in [7, 11) is -0.293. The lowest BCUT2D eigenvalue weighted by molar-refractivity contribution is -0.119. The van der Waals surface area contributed by atoms with Crippen LogP contribution in [0.25, 0.3) is 16.8 Å². The van der Waals surface area contributed by atoms with Crippen molar-refractivity contribution in [3.05, 3.63) is 65.9 Å². The van der Waals surface area contributed by atoms with Crippen LogP contribution in [0.5, 0.6) is 5.75 Å². The molecule has 41 heavy (non-hydrogen) atoms. The number of fused-ring (bicyclic) bond motifs is 1. The third kappa shape index (κ3) is 5.98. The van der Waals surface area contributed by atoms with Gasteiger partial charge in [0.05, 0.1) is 48.7 Å². The van der Waals surface area contributed by atoms with E-state index in [0.29, 0.717) is 29.8 Å². The Bertz CT molecular complexity index is 1690. The van der Waals surface area contributed by atoms with Gasteiger partial charge in [-0.2, -0.15) is 0 Å². The second-order valence-corrected chi connectivity index (χ2v) is 12.5. The first kappa shape index (κ1) is 28.4. The number of amides is 1. The first-order valence-electron chi connectivity index (χ1n) is 13.4. The van der Waals surface area contributed by atoms with Gasteiger partial charge in [-0.3, -0.25) is 14.0 Å². The Kier molecular flexibility index (Phi) is 7.87. The Morgan fingerprint density at radius 2 is 1.90 bits per heavy atom. The van der Waals surface area contributed by atoms with Crippen molar-refractivity contribution < 1.29 is 17.9 Å². The van der Waals surface area contributed by atoms with Gasteiger partial charge >= 0.3 is 0 Å². The quantitative estimate of drug-likeness (QED) is 0.309. The molecule has 0 unspecified atom stereocenters. The molecule has 3 N–H and O–H groups in total. The van der Waals surface area contributed by atoms with Crippen molar-refractivity contribution in [1.82, 2.24) is 19.5 Å². The predicted molar refractivity (Wildman–Crippen MR) is 160 cm³/mol. The van der Waals surface area contributed by atoms with E-state index in [-0.39, 0.29) is 5.91 Å². The van der Waals surface area contributed by atoms with E-state index < -0.39 is 10.0 Å². The maximum atomic E-state index is 12.3. The van der Waals surface area contributed by atoms with Gasteiger partial charge < -0.3 is 15.8 Å². The number of methoxy groups -OCH3 is 1.